The Hall–Kier alpha value is -0.900. The molecule has 0 saturated carbocycles. The molecule has 18 heavy (non-hydrogen) atoms. The lowest BCUT2D eigenvalue weighted by Crippen LogP contribution is -2.40. The van der Waals surface area contributed by atoms with E-state index in [0.717, 1.165) is 32.8 Å². The van der Waals surface area contributed by atoms with Gasteiger partial charge in [0.05, 0.1) is 13.2 Å². The molecule has 0 amide bonds. The van der Waals surface area contributed by atoms with Crippen LogP contribution in [-0.2, 0) is 11.3 Å². The zero-order valence-corrected chi connectivity index (χ0v) is 11.4. The lowest BCUT2D eigenvalue weighted by atomic mass is 10.0. The highest BCUT2D eigenvalue weighted by Gasteiger charge is 2.28. The summed E-state index contributed by atoms with van der Waals surface area (Å²) in [7, 11) is 2.19. The van der Waals surface area contributed by atoms with E-state index in [1.54, 1.807) is 0 Å². The van der Waals surface area contributed by atoms with E-state index in [4.69, 9.17) is 4.74 Å². The van der Waals surface area contributed by atoms with E-state index in [2.05, 4.69) is 54.5 Å². The maximum absolute atomic E-state index is 5.58. The molecular weight excluding hydrogens is 224 g/mol. The van der Waals surface area contributed by atoms with E-state index in [-0.39, 0.29) is 0 Å². The molecule has 0 aliphatic carbocycles. The van der Waals surface area contributed by atoms with E-state index in [9.17, 15) is 0 Å². The standard InChI is InChI=1S/C15H24N2O/c1-3-16-15-12-18-11-14(15)10-17(2)9-13-7-5-4-6-8-13/h4-8,14-16H,3,9-12H2,1-2H3. The fourth-order valence-electron chi connectivity index (χ4n) is 2.63. The third kappa shape index (κ3) is 3.80. The van der Waals surface area contributed by atoms with E-state index in [0.29, 0.717) is 12.0 Å². The molecule has 0 spiro atoms. The Morgan fingerprint density at radius 1 is 1.28 bits per heavy atom. The first kappa shape index (κ1) is 13.5. The van der Waals surface area contributed by atoms with Crippen molar-refractivity contribution in [2.75, 3.05) is 33.4 Å². The van der Waals surface area contributed by atoms with Crippen LogP contribution in [0.15, 0.2) is 30.3 Å². The lowest BCUT2D eigenvalue weighted by molar-refractivity contribution is 0.172. The Kier molecular flexibility index (Phi) is 5.17. The van der Waals surface area contributed by atoms with Crippen LogP contribution >= 0.6 is 0 Å². The summed E-state index contributed by atoms with van der Waals surface area (Å²) in [5.74, 6) is 0.610. The van der Waals surface area contributed by atoms with Crippen molar-refractivity contribution in [2.24, 2.45) is 5.92 Å². The Bertz CT molecular complexity index is 342. The molecule has 2 atom stereocenters. The molecule has 2 rings (SSSR count). The maximum Gasteiger partial charge on any atom is 0.0623 e. The Balaban J connectivity index is 1.81. The molecule has 1 aliphatic rings. The summed E-state index contributed by atoms with van der Waals surface area (Å²) in [6.45, 7) is 7.02. The van der Waals surface area contributed by atoms with Crippen molar-refractivity contribution in [1.29, 1.82) is 0 Å². The first-order valence-electron chi connectivity index (χ1n) is 6.83. The van der Waals surface area contributed by atoms with Crippen molar-refractivity contribution >= 4 is 0 Å². The Morgan fingerprint density at radius 3 is 2.78 bits per heavy atom. The number of benzene rings is 1. The summed E-state index contributed by atoms with van der Waals surface area (Å²) in [4.78, 5) is 2.39. The van der Waals surface area contributed by atoms with Gasteiger partial charge in [0.15, 0.2) is 0 Å². The summed E-state index contributed by atoms with van der Waals surface area (Å²) in [5, 5.41) is 3.51. The number of nitrogens with one attached hydrogen (secondary N) is 1. The van der Waals surface area contributed by atoms with Crippen molar-refractivity contribution in [3.8, 4) is 0 Å². The van der Waals surface area contributed by atoms with Gasteiger partial charge in [0.25, 0.3) is 0 Å². The number of ether oxygens (including phenoxy) is 1. The van der Waals surface area contributed by atoms with Gasteiger partial charge in [-0.05, 0) is 19.2 Å². The van der Waals surface area contributed by atoms with Crippen molar-refractivity contribution in [1.82, 2.24) is 10.2 Å². The van der Waals surface area contributed by atoms with Gasteiger partial charge in [-0.1, -0.05) is 37.3 Å². The molecule has 1 aliphatic heterocycles. The molecule has 0 bridgehead atoms. The molecule has 1 aromatic rings. The molecule has 1 heterocycles. The SMILES string of the molecule is CCNC1COCC1CN(C)Cc1ccccc1. The average molecular weight is 248 g/mol. The fraction of sp³-hybridized carbons (Fsp3) is 0.600. The monoisotopic (exact) mass is 248 g/mol. The van der Waals surface area contributed by atoms with Crippen LogP contribution in [0, 0.1) is 5.92 Å². The third-order valence-electron chi connectivity index (χ3n) is 3.51. The fourth-order valence-corrected chi connectivity index (χ4v) is 2.63. The summed E-state index contributed by atoms with van der Waals surface area (Å²) < 4.78 is 5.58. The molecule has 3 heteroatoms. The molecule has 1 fully saturated rings. The second-order valence-electron chi connectivity index (χ2n) is 5.14. The average Bonchev–Trinajstić information content (AvgIpc) is 2.78. The third-order valence-corrected chi connectivity index (χ3v) is 3.51. The number of hydrogen-bond donors (Lipinski definition) is 1. The summed E-state index contributed by atoms with van der Waals surface area (Å²) in [6, 6.07) is 11.2. The van der Waals surface area contributed by atoms with Crippen LogP contribution in [0.25, 0.3) is 0 Å². The lowest BCUT2D eigenvalue weighted by Gasteiger charge is -2.24. The smallest absolute Gasteiger partial charge is 0.0623 e. The van der Waals surface area contributed by atoms with Gasteiger partial charge < -0.3 is 15.0 Å². The molecule has 0 radical (unpaired) electrons. The van der Waals surface area contributed by atoms with Gasteiger partial charge in [0.1, 0.15) is 0 Å². The highest BCUT2D eigenvalue weighted by atomic mass is 16.5. The summed E-state index contributed by atoms with van der Waals surface area (Å²) >= 11 is 0. The minimum Gasteiger partial charge on any atom is -0.379 e. The number of rotatable bonds is 6. The highest BCUT2D eigenvalue weighted by molar-refractivity contribution is 5.14. The Labute approximate surface area is 110 Å². The maximum atomic E-state index is 5.58. The normalized spacial score (nSPS) is 23.7. The second-order valence-corrected chi connectivity index (χ2v) is 5.14. The van der Waals surface area contributed by atoms with Gasteiger partial charge in [0, 0.05) is 25.0 Å². The van der Waals surface area contributed by atoms with Crippen LogP contribution in [0.3, 0.4) is 0 Å². The van der Waals surface area contributed by atoms with Gasteiger partial charge in [-0.25, -0.2) is 0 Å². The topological polar surface area (TPSA) is 24.5 Å². The van der Waals surface area contributed by atoms with Crippen LogP contribution < -0.4 is 5.32 Å². The minimum atomic E-state index is 0.522. The first-order valence-corrected chi connectivity index (χ1v) is 6.83. The van der Waals surface area contributed by atoms with Gasteiger partial charge in [-0.15, -0.1) is 0 Å². The van der Waals surface area contributed by atoms with Crippen molar-refractivity contribution in [3.63, 3.8) is 0 Å². The number of likely N-dealkylation sites (N-methyl/N-ethyl adjacent to an activating group) is 1. The van der Waals surface area contributed by atoms with E-state index >= 15 is 0 Å². The van der Waals surface area contributed by atoms with E-state index in [1.807, 2.05) is 0 Å². The molecule has 1 saturated heterocycles. The molecule has 0 aromatic heterocycles. The van der Waals surface area contributed by atoms with Crippen molar-refractivity contribution in [2.45, 2.75) is 19.5 Å². The van der Waals surface area contributed by atoms with Gasteiger partial charge in [-0.2, -0.15) is 0 Å². The number of nitrogens with zero attached hydrogens (tertiary/aromatic N) is 1. The van der Waals surface area contributed by atoms with Crippen LogP contribution in [0.4, 0.5) is 0 Å². The van der Waals surface area contributed by atoms with Crippen LogP contribution in [0.2, 0.25) is 0 Å². The summed E-state index contributed by atoms with van der Waals surface area (Å²) in [6.07, 6.45) is 0. The van der Waals surface area contributed by atoms with Crippen molar-refractivity contribution in [3.05, 3.63) is 35.9 Å². The highest BCUT2D eigenvalue weighted by Crippen LogP contribution is 2.15. The quantitative estimate of drug-likeness (QED) is 0.830. The zero-order chi connectivity index (χ0) is 12.8. The second kappa shape index (κ2) is 6.88. The summed E-state index contributed by atoms with van der Waals surface area (Å²) in [5.41, 5.74) is 1.37. The first-order chi connectivity index (χ1) is 8.79. The van der Waals surface area contributed by atoms with E-state index < -0.39 is 0 Å². The molecule has 2 unspecified atom stereocenters. The van der Waals surface area contributed by atoms with Crippen LogP contribution in [0.1, 0.15) is 12.5 Å². The van der Waals surface area contributed by atoms with Gasteiger partial charge in [0.2, 0.25) is 0 Å². The van der Waals surface area contributed by atoms with E-state index in [1.165, 1.54) is 5.56 Å². The van der Waals surface area contributed by atoms with Gasteiger partial charge in [-0.3, -0.25) is 0 Å². The molecule has 1 N–H and O–H groups in total. The Morgan fingerprint density at radius 2 is 2.06 bits per heavy atom. The minimum absolute atomic E-state index is 0.522. The molecule has 3 nitrogen and oxygen atoms in total. The molecule has 1 aromatic carbocycles. The predicted molar refractivity (Wildman–Crippen MR) is 74.5 cm³/mol. The molecule has 100 valence electrons. The molecular formula is C15H24N2O. The number of hydrogen-bond acceptors (Lipinski definition) is 3. The van der Waals surface area contributed by atoms with Gasteiger partial charge >= 0.3 is 0 Å². The van der Waals surface area contributed by atoms with Crippen LogP contribution in [0.5, 0.6) is 0 Å². The van der Waals surface area contributed by atoms with Crippen molar-refractivity contribution < 1.29 is 4.74 Å². The van der Waals surface area contributed by atoms with Crippen LogP contribution in [-0.4, -0.2) is 44.3 Å². The predicted octanol–water partition coefficient (Wildman–Crippen LogP) is 1.74. The largest absolute Gasteiger partial charge is 0.379 e. The zero-order valence-electron chi connectivity index (χ0n) is 11.4.